The van der Waals surface area contributed by atoms with Crippen LogP contribution in [0.3, 0.4) is 0 Å². The van der Waals surface area contributed by atoms with Gasteiger partial charge in [0.1, 0.15) is 0 Å². The van der Waals surface area contributed by atoms with Crippen LogP contribution in [0.1, 0.15) is 52.5 Å². The molecular formula is C20H21ClN2O3. The fraction of sp³-hybridized carbons (Fsp3) is 0.250. The predicted molar refractivity (Wildman–Crippen MR) is 101 cm³/mol. The van der Waals surface area contributed by atoms with Gasteiger partial charge in [0.25, 0.3) is 5.91 Å². The van der Waals surface area contributed by atoms with Crippen molar-refractivity contribution in [2.75, 3.05) is 0 Å². The van der Waals surface area contributed by atoms with Crippen LogP contribution in [0.5, 0.6) is 0 Å². The Morgan fingerprint density at radius 1 is 0.846 bits per heavy atom. The summed E-state index contributed by atoms with van der Waals surface area (Å²) in [6, 6.07) is 13.7. The van der Waals surface area contributed by atoms with E-state index in [4.69, 9.17) is 11.6 Å². The molecule has 0 atom stereocenters. The first-order valence-electron chi connectivity index (χ1n) is 8.46. The summed E-state index contributed by atoms with van der Waals surface area (Å²) in [5.41, 5.74) is 6.76. The van der Waals surface area contributed by atoms with Gasteiger partial charge in [0.2, 0.25) is 5.91 Å². The van der Waals surface area contributed by atoms with Crippen LogP contribution in [0.15, 0.2) is 48.5 Å². The molecule has 0 aliphatic rings. The molecule has 0 aliphatic heterocycles. The van der Waals surface area contributed by atoms with Crippen molar-refractivity contribution in [3.8, 4) is 0 Å². The number of carbonyl (C=O) groups excluding carboxylic acids is 3. The van der Waals surface area contributed by atoms with Gasteiger partial charge in [-0.2, -0.15) is 0 Å². The molecule has 0 saturated heterocycles. The number of hydrogen-bond acceptors (Lipinski definition) is 3. The summed E-state index contributed by atoms with van der Waals surface area (Å²) in [6.45, 7) is 2.10. The largest absolute Gasteiger partial charge is 0.294 e. The van der Waals surface area contributed by atoms with Crippen LogP contribution >= 0.6 is 11.6 Å². The summed E-state index contributed by atoms with van der Waals surface area (Å²) in [4.78, 5) is 35.8. The molecule has 26 heavy (non-hydrogen) atoms. The highest BCUT2D eigenvalue weighted by atomic mass is 35.5. The van der Waals surface area contributed by atoms with E-state index in [1.807, 2.05) is 12.1 Å². The van der Waals surface area contributed by atoms with Crippen molar-refractivity contribution in [2.24, 2.45) is 0 Å². The van der Waals surface area contributed by atoms with E-state index in [1.54, 1.807) is 36.4 Å². The Labute approximate surface area is 157 Å². The van der Waals surface area contributed by atoms with Gasteiger partial charge in [0.15, 0.2) is 5.78 Å². The van der Waals surface area contributed by atoms with Gasteiger partial charge in [0.05, 0.1) is 0 Å². The number of aryl methyl sites for hydroxylation is 1. The molecular weight excluding hydrogens is 352 g/mol. The molecule has 6 heteroatoms. The first-order valence-corrected chi connectivity index (χ1v) is 8.84. The maximum Gasteiger partial charge on any atom is 0.269 e. The summed E-state index contributed by atoms with van der Waals surface area (Å²) in [6.07, 6.45) is 2.10. The first kappa shape index (κ1) is 19.7. The molecule has 136 valence electrons. The van der Waals surface area contributed by atoms with Gasteiger partial charge in [-0.1, -0.05) is 49.2 Å². The first-order chi connectivity index (χ1) is 12.5. The van der Waals surface area contributed by atoms with Crippen LogP contribution < -0.4 is 10.9 Å². The second-order valence-electron chi connectivity index (χ2n) is 5.88. The van der Waals surface area contributed by atoms with E-state index in [0.29, 0.717) is 16.1 Å². The number of carbonyl (C=O) groups is 3. The second kappa shape index (κ2) is 9.73. The van der Waals surface area contributed by atoms with Crippen molar-refractivity contribution in [3.05, 3.63) is 70.2 Å². The highest BCUT2D eigenvalue weighted by Gasteiger charge is 2.11. The maximum atomic E-state index is 12.1. The van der Waals surface area contributed by atoms with Gasteiger partial charge in [-0.3, -0.25) is 25.2 Å². The molecule has 0 bridgehead atoms. The third kappa shape index (κ3) is 6.01. The molecule has 2 N–H and O–H groups in total. The van der Waals surface area contributed by atoms with Crippen molar-refractivity contribution in [1.29, 1.82) is 0 Å². The molecule has 2 rings (SSSR count). The lowest BCUT2D eigenvalue weighted by Crippen LogP contribution is -2.41. The average Bonchev–Trinajstić information content (AvgIpc) is 2.65. The van der Waals surface area contributed by atoms with E-state index in [9.17, 15) is 14.4 Å². The minimum absolute atomic E-state index is 0.00353. The number of hydrazine groups is 1. The molecule has 0 fully saturated rings. The van der Waals surface area contributed by atoms with Crippen LogP contribution in [0.25, 0.3) is 0 Å². The van der Waals surface area contributed by atoms with Gasteiger partial charge < -0.3 is 0 Å². The average molecular weight is 373 g/mol. The van der Waals surface area contributed by atoms with Gasteiger partial charge in [-0.05, 0) is 36.2 Å². The second-order valence-corrected chi connectivity index (χ2v) is 6.32. The quantitative estimate of drug-likeness (QED) is 0.574. The third-order valence-corrected chi connectivity index (χ3v) is 4.07. The fourth-order valence-corrected chi connectivity index (χ4v) is 2.51. The van der Waals surface area contributed by atoms with Gasteiger partial charge in [-0.25, -0.2) is 0 Å². The topological polar surface area (TPSA) is 75.3 Å². The van der Waals surface area contributed by atoms with E-state index in [-0.39, 0.29) is 18.6 Å². The Morgan fingerprint density at radius 3 is 2.08 bits per heavy atom. The number of nitrogens with one attached hydrogen (secondary N) is 2. The number of hydrogen-bond donors (Lipinski definition) is 2. The number of amides is 2. The summed E-state index contributed by atoms with van der Waals surface area (Å²) >= 11 is 5.76. The fourth-order valence-electron chi connectivity index (χ4n) is 2.38. The van der Waals surface area contributed by atoms with E-state index in [2.05, 4.69) is 17.8 Å². The molecule has 0 heterocycles. The molecule has 2 aromatic rings. The van der Waals surface area contributed by atoms with Gasteiger partial charge in [-0.15, -0.1) is 0 Å². The van der Waals surface area contributed by atoms with Crippen molar-refractivity contribution < 1.29 is 14.4 Å². The lowest BCUT2D eigenvalue weighted by atomic mass is 10.0. The standard InChI is InChI=1S/C20H21ClN2O3/c1-2-3-14-4-6-15(7-5-14)18(24)12-13-19(25)22-23-20(26)16-8-10-17(21)11-9-16/h4-11H,2-3,12-13H2,1H3,(H,22,25)(H,23,26). The Bertz CT molecular complexity index is 771. The van der Waals surface area contributed by atoms with Gasteiger partial charge >= 0.3 is 0 Å². The molecule has 2 aromatic carbocycles. The van der Waals surface area contributed by atoms with Crippen LogP contribution in [-0.4, -0.2) is 17.6 Å². The summed E-state index contributed by atoms with van der Waals surface area (Å²) in [5.74, 6) is -0.983. The Morgan fingerprint density at radius 2 is 1.46 bits per heavy atom. The van der Waals surface area contributed by atoms with Crippen LogP contribution in [0.2, 0.25) is 5.02 Å². The van der Waals surface area contributed by atoms with Crippen molar-refractivity contribution in [3.63, 3.8) is 0 Å². The number of benzene rings is 2. The lowest BCUT2D eigenvalue weighted by Gasteiger charge is -2.07. The van der Waals surface area contributed by atoms with Crippen LogP contribution in [0, 0.1) is 0 Å². The highest BCUT2D eigenvalue weighted by Crippen LogP contribution is 2.10. The normalized spacial score (nSPS) is 10.2. The maximum absolute atomic E-state index is 12.1. The van der Waals surface area contributed by atoms with E-state index in [1.165, 1.54) is 5.56 Å². The van der Waals surface area contributed by atoms with E-state index >= 15 is 0 Å². The molecule has 0 aromatic heterocycles. The van der Waals surface area contributed by atoms with E-state index < -0.39 is 11.8 Å². The minimum atomic E-state index is -0.451. The minimum Gasteiger partial charge on any atom is -0.294 e. The number of ketones is 1. The molecule has 0 aliphatic carbocycles. The Kier molecular flexibility index (Phi) is 7.36. The number of halogens is 1. The summed E-state index contributed by atoms with van der Waals surface area (Å²) in [7, 11) is 0. The zero-order valence-corrected chi connectivity index (χ0v) is 15.3. The summed E-state index contributed by atoms with van der Waals surface area (Å²) in [5, 5.41) is 0.520. The summed E-state index contributed by atoms with van der Waals surface area (Å²) < 4.78 is 0. The molecule has 5 nitrogen and oxygen atoms in total. The van der Waals surface area contributed by atoms with E-state index in [0.717, 1.165) is 12.8 Å². The van der Waals surface area contributed by atoms with Crippen LogP contribution in [-0.2, 0) is 11.2 Å². The SMILES string of the molecule is CCCc1ccc(C(=O)CCC(=O)NNC(=O)c2ccc(Cl)cc2)cc1. The monoisotopic (exact) mass is 372 g/mol. The molecule has 0 unspecified atom stereocenters. The van der Waals surface area contributed by atoms with Crippen molar-refractivity contribution in [1.82, 2.24) is 10.9 Å². The third-order valence-electron chi connectivity index (χ3n) is 3.82. The Hall–Kier alpha value is -2.66. The smallest absolute Gasteiger partial charge is 0.269 e. The molecule has 0 spiro atoms. The highest BCUT2D eigenvalue weighted by molar-refractivity contribution is 6.30. The Balaban J connectivity index is 1.76. The molecule has 0 saturated carbocycles. The van der Waals surface area contributed by atoms with Crippen LogP contribution in [0.4, 0.5) is 0 Å². The number of Topliss-reactive ketones (excluding diaryl/α,β-unsaturated/α-hetero) is 1. The zero-order chi connectivity index (χ0) is 18.9. The predicted octanol–water partition coefficient (Wildman–Crippen LogP) is 3.72. The van der Waals surface area contributed by atoms with Crippen molar-refractivity contribution in [2.45, 2.75) is 32.6 Å². The lowest BCUT2D eigenvalue weighted by molar-refractivity contribution is -0.121. The molecule has 0 radical (unpaired) electrons. The zero-order valence-electron chi connectivity index (χ0n) is 14.5. The van der Waals surface area contributed by atoms with Gasteiger partial charge in [0, 0.05) is 29.0 Å². The molecule has 2 amide bonds. The van der Waals surface area contributed by atoms with Crippen molar-refractivity contribution >= 4 is 29.2 Å². The number of rotatable bonds is 7.